The third-order valence-electron chi connectivity index (χ3n) is 2.17. The maximum absolute atomic E-state index is 4.29. The normalized spacial score (nSPS) is 22.9. The molecule has 3 heteroatoms. The maximum Gasteiger partial charge on any atom is 0.145 e. The van der Waals surface area contributed by atoms with E-state index >= 15 is 0 Å². The van der Waals surface area contributed by atoms with Gasteiger partial charge >= 0.3 is 0 Å². The molecule has 0 bridgehead atoms. The van der Waals surface area contributed by atoms with Gasteiger partial charge in [-0.3, -0.25) is 0 Å². The van der Waals surface area contributed by atoms with Crippen molar-refractivity contribution >= 4 is 0 Å². The monoisotopic (exact) mass is 163 g/mol. The van der Waals surface area contributed by atoms with E-state index in [0.29, 0.717) is 6.04 Å². The van der Waals surface area contributed by atoms with Crippen molar-refractivity contribution in [2.24, 2.45) is 0 Å². The minimum Gasteiger partial charge on any atom is -0.307 e. The summed E-state index contributed by atoms with van der Waals surface area (Å²) in [6.45, 7) is 3.10. The quantitative estimate of drug-likeness (QED) is 0.676. The van der Waals surface area contributed by atoms with Crippen molar-refractivity contribution < 1.29 is 0 Å². The molecule has 64 valence electrons. The molecule has 0 radical (unpaired) electrons. The predicted octanol–water partition coefficient (Wildman–Crippen LogP) is 1.21. The number of aryl methyl sites for hydroxylation is 1. The van der Waals surface area contributed by atoms with Gasteiger partial charge in [0.15, 0.2) is 0 Å². The second-order valence-electron chi connectivity index (χ2n) is 3.27. The van der Waals surface area contributed by atoms with Crippen LogP contribution < -0.4 is 5.32 Å². The fourth-order valence-corrected chi connectivity index (χ4v) is 1.49. The molecule has 1 N–H and O–H groups in total. The molecule has 0 aliphatic carbocycles. The van der Waals surface area contributed by atoms with E-state index < -0.39 is 0 Å². The zero-order chi connectivity index (χ0) is 8.39. The molecule has 2 heterocycles. The molecule has 3 nitrogen and oxygen atoms in total. The lowest BCUT2D eigenvalue weighted by Gasteiger charge is -2.07. The van der Waals surface area contributed by atoms with Crippen LogP contribution >= 0.6 is 0 Å². The van der Waals surface area contributed by atoms with Crippen LogP contribution in [0.4, 0.5) is 0 Å². The first-order valence-corrected chi connectivity index (χ1v) is 4.38. The molecule has 0 spiro atoms. The topological polar surface area (TPSA) is 37.8 Å². The number of aromatic nitrogens is 2. The Hall–Kier alpha value is -0.960. The third-order valence-corrected chi connectivity index (χ3v) is 2.17. The van der Waals surface area contributed by atoms with Gasteiger partial charge in [-0.1, -0.05) is 0 Å². The molecule has 1 saturated heterocycles. The molecular formula is C9H13N3. The minimum absolute atomic E-state index is 0.394. The fraction of sp³-hybridized carbons (Fsp3) is 0.556. The van der Waals surface area contributed by atoms with Gasteiger partial charge in [-0.25, -0.2) is 9.97 Å². The molecule has 1 aromatic rings. The average molecular weight is 163 g/mol. The highest BCUT2D eigenvalue weighted by Gasteiger charge is 2.17. The van der Waals surface area contributed by atoms with Crippen molar-refractivity contribution in [1.29, 1.82) is 0 Å². The van der Waals surface area contributed by atoms with Gasteiger partial charge < -0.3 is 5.32 Å². The van der Waals surface area contributed by atoms with Crippen molar-refractivity contribution in [3.8, 4) is 0 Å². The molecule has 1 aromatic heterocycles. The van der Waals surface area contributed by atoms with Gasteiger partial charge in [-0.05, 0) is 31.9 Å². The van der Waals surface area contributed by atoms with Crippen LogP contribution in [0.15, 0.2) is 12.4 Å². The standard InChI is InChI=1S/C9H13N3/c1-7-5-11-9(12-6-7)8-3-2-4-10-8/h5-6,8,10H,2-4H2,1H3. The van der Waals surface area contributed by atoms with Crippen LogP contribution in [-0.2, 0) is 0 Å². The van der Waals surface area contributed by atoms with Gasteiger partial charge in [0.25, 0.3) is 0 Å². The Labute approximate surface area is 72.2 Å². The second-order valence-corrected chi connectivity index (χ2v) is 3.27. The van der Waals surface area contributed by atoms with Crippen LogP contribution in [0.2, 0.25) is 0 Å². The Morgan fingerprint density at radius 2 is 2.17 bits per heavy atom. The Morgan fingerprint density at radius 1 is 1.42 bits per heavy atom. The van der Waals surface area contributed by atoms with Crippen molar-refractivity contribution in [1.82, 2.24) is 15.3 Å². The summed E-state index contributed by atoms with van der Waals surface area (Å²) >= 11 is 0. The summed E-state index contributed by atoms with van der Waals surface area (Å²) in [7, 11) is 0. The summed E-state index contributed by atoms with van der Waals surface area (Å²) in [5.41, 5.74) is 1.12. The predicted molar refractivity (Wildman–Crippen MR) is 46.7 cm³/mol. The number of hydrogen-bond acceptors (Lipinski definition) is 3. The smallest absolute Gasteiger partial charge is 0.145 e. The number of nitrogens with zero attached hydrogens (tertiary/aromatic N) is 2. The van der Waals surface area contributed by atoms with Gasteiger partial charge in [0.1, 0.15) is 5.82 Å². The first-order valence-electron chi connectivity index (χ1n) is 4.38. The molecular weight excluding hydrogens is 150 g/mol. The lowest BCUT2D eigenvalue weighted by atomic mass is 10.2. The Bertz CT molecular complexity index is 249. The van der Waals surface area contributed by atoms with Gasteiger partial charge in [0.2, 0.25) is 0 Å². The summed E-state index contributed by atoms with van der Waals surface area (Å²) in [6, 6.07) is 0.394. The largest absolute Gasteiger partial charge is 0.307 e. The number of rotatable bonds is 1. The lowest BCUT2D eigenvalue weighted by molar-refractivity contribution is 0.604. The van der Waals surface area contributed by atoms with Gasteiger partial charge in [-0.2, -0.15) is 0 Å². The highest BCUT2D eigenvalue weighted by molar-refractivity contribution is 5.05. The van der Waals surface area contributed by atoms with Gasteiger partial charge in [0.05, 0.1) is 6.04 Å². The van der Waals surface area contributed by atoms with Crippen molar-refractivity contribution in [2.45, 2.75) is 25.8 Å². The van der Waals surface area contributed by atoms with E-state index in [1.54, 1.807) is 0 Å². The van der Waals surface area contributed by atoms with Crippen LogP contribution in [0, 0.1) is 6.92 Å². The fourth-order valence-electron chi connectivity index (χ4n) is 1.49. The molecule has 1 aliphatic rings. The number of nitrogens with one attached hydrogen (secondary N) is 1. The second kappa shape index (κ2) is 3.19. The highest BCUT2D eigenvalue weighted by Crippen LogP contribution is 2.18. The minimum atomic E-state index is 0.394. The summed E-state index contributed by atoms with van der Waals surface area (Å²) in [4.78, 5) is 8.57. The summed E-state index contributed by atoms with van der Waals surface area (Å²) < 4.78 is 0. The first-order chi connectivity index (χ1) is 5.86. The summed E-state index contributed by atoms with van der Waals surface area (Å²) in [5, 5.41) is 3.37. The van der Waals surface area contributed by atoms with Crippen LogP contribution in [0.1, 0.15) is 30.3 Å². The molecule has 2 rings (SSSR count). The highest BCUT2D eigenvalue weighted by atomic mass is 15.0. The first kappa shape index (κ1) is 7.68. The number of hydrogen-bond donors (Lipinski definition) is 1. The Balaban J connectivity index is 2.17. The van der Waals surface area contributed by atoms with Crippen molar-refractivity contribution in [3.63, 3.8) is 0 Å². The van der Waals surface area contributed by atoms with Crippen molar-refractivity contribution in [2.75, 3.05) is 6.54 Å². The van der Waals surface area contributed by atoms with Crippen LogP contribution in [-0.4, -0.2) is 16.5 Å². The van der Waals surface area contributed by atoms with Gasteiger partial charge in [-0.15, -0.1) is 0 Å². The third kappa shape index (κ3) is 1.46. The summed E-state index contributed by atoms with van der Waals surface area (Å²) in [5.74, 6) is 0.943. The maximum atomic E-state index is 4.29. The van der Waals surface area contributed by atoms with Crippen molar-refractivity contribution in [3.05, 3.63) is 23.8 Å². The molecule has 1 unspecified atom stereocenters. The Kier molecular flexibility index (Phi) is 2.04. The molecule has 0 amide bonds. The average Bonchev–Trinajstić information content (AvgIpc) is 2.58. The van der Waals surface area contributed by atoms with Crippen LogP contribution in [0.3, 0.4) is 0 Å². The zero-order valence-corrected chi connectivity index (χ0v) is 7.25. The van der Waals surface area contributed by atoms with E-state index in [4.69, 9.17) is 0 Å². The molecule has 1 aliphatic heterocycles. The van der Waals surface area contributed by atoms with Crippen LogP contribution in [0.25, 0.3) is 0 Å². The van der Waals surface area contributed by atoms with E-state index in [9.17, 15) is 0 Å². The van der Waals surface area contributed by atoms with E-state index in [1.165, 1.54) is 12.8 Å². The van der Waals surface area contributed by atoms with E-state index in [-0.39, 0.29) is 0 Å². The molecule has 0 saturated carbocycles. The molecule has 1 fully saturated rings. The molecule has 1 atom stereocenters. The van der Waals surface area contributed by atoms with Gasteiger partial charge in [0, 0.05) is 12.4 Å². The summed E-state index contributed by atoms with van der Waals surface area (Å²) in [6.07, 6.45) is 6.16. The molecule has 12 heavy (non-hydrogen) atoms. The van der Waals surface area contributed by atoms with E-state index in [1.807, 2.05) is 19.3 Å². The van der Waals surface area contributed by atoms with E-state index in [2.05, 4.69) is 15.3 Å². The SMILES string of the molecule is Cc1cnc(C2CCCN2)nc1. The van der Waals surface area contributed by atoms with E-state index in [0.717, 1.165) is 17.9 Å². The lowest BCUT2D eigenvalue weighted by Crippen LogP contribution is -2.15. The zero-order valence-electron chi connectivity index (χ0n) is 7.25. The van der Waals surface area contributed by atoms with Crippen LogP contribution in [0.5, 0.6) is 0 Å². The Morgan fingerprint density at radius 3 is 2.75 bits per heavy atom. The molecule has 0 aromatic carbocycles.